The summed E-state index contributed by atoms with van der Waals surface area (Å²) in [6.45, 7) is 9.44. The third kappa shape index (κ3) is 4.29. The minimum atomic E-state index is -0.0230. The topological polar surface area (TPSA) is 79.9 Å². The van der Waals surface area contributed by atoms with Gasteiger partial charge in [0, 0.05) is 18.7 Å². The molecular formula is C27H32N6O2. The van der Waals surface area contributed by atoms with Gasteiger partial charge < -0.3 is 14.0 Å². The van der Waals surface area contributed by atoms with Gasteiger partial charge in [-0.1, -0.05) is 32.9 Å². The lowest BCUT2D eigenvalue weighted by Gasteiger charge is -2.26. The average Bonchev–Trinajstić information content (AvgIpc) is 3.49. The summed E-state index contributed by atoms with van der Waals surface area (Å²) in [7, 11) is 3.35. The number of imidazole rings is 1. The summed E-state index contributed by atoms with van der Waals surface area (Å²) < 4.78 is 15.2. The fraction of sp³-hybridized carbons (Fsp3) is 0.407. The molecule has 1 aliphatic heterocycles. The van der Waals surface area contributed by atoms with E-state index < -0.39 is 0 Å². The Balaban J connectivity index is 1.52. The Labute approximate surface area is 206 Å². The minimum absolute atomic E-state index is 0.0230. The highest BCUT2D eigenvalue weighted by Gasteiger charge is 2.29. The zero-order chi connectivity index (χ0) is 24.7. The Morgan fingerprint density at radius 1 is 1.03 bits per heavy atom. The van der Waals surface area contributed by atoms with Crippen LogP contribution in [0.25, 0.3) is 17.2 Å². The Morgan fingerprint density at radius 2 is 1.86 bits per heavy atom. The van der Waals surface area contributed by atoms with Gasteiger partial charge in [0.05, 0.1) is 26.2 Å². The van der Waals surface area contributed by atoms with Gasteiger partial charge in [0.25, 0.3) is 0 Å². The summed E-state index contributed by atoms with van der Waals surface area (Å²) in [5.74, 6) is 3.19. The molecule has 35 heavy (non-hydrogen) atoms. The smallest absolute Gasteiger partial charge is 0.238 e. The first-order chi connectivity index (χ1) is 16.8. The van der Waals surface area contributed by atoms with Crippen LogP contribution in [0, 0.1) is 6.92 Å². The number of ether oxygens (including phenoxy) is 2. The van der Waals surface area contributed by atoms with Crippen molar-refractivity contribution in [2.45, 2.75) is 58.4 Å². The molecule has 182 valence electrons. The molecule has 0 amide bonds. The van der Waals surface area contributed by atoms with Crippen molar-refractivity contribution in [1.82, 2.24) is 29.3 Å². The summed E-state index contributed by atoms with van der Waals surface area (Å²) in [4.78, 5) is 14.0. The van der Waals surface area contributed by atoms with Crippen LogP contribution in [0.5, 0.6) is 11.6 Å². The second-order valence-electron chi connectivity index (χ2n) is 10.1. The van der Waals surface area contributed by atoms with Crippen molar-refractivity contribution in [2.24, 2.45) is 0 Å². The number of nitrogens with zero attached hydrogens (tertiary/aromatic N) is 6. The second-order valence-corrected chi connectivity index (χ2v) is 10.1. The molecule has 1 aliphatic rings. The number of hydrogen-bond acceptors (Lipinski definition) is 6. The van der Waals surface area contributed by atoms with Gasteiger partial charge in [-0.05, 0) is 54.5 Å². The van der Waals surface area contributed by atoms with Gasteiger partial charge in [0.2, 0.25) is 5.88 Å². The number of rotatable bonds is 5. The van der Waals surface area contributed by atoms with Gasteiger partial charge >= 0.3 is 0 Å². The number of hydrogen-bond donors (Lipinski definition) is 0. The first kappa shape index (κ1) is 23.1. The van der Waals surface area contributed by atoms with E-state index in [1.807, 2.05) is 34.5 Å². The van der Waals surface area contributed by atoms with E-state index in [2.05, 4.69) is 44.0 Å². The SMILES string of the molecule is COc1ccc([C@@H]2CCCn3nc(-c4ccc(-n5cnc(C)c5)c(OC)n4)nc32)cc1C(C)(C)C. The van der Waals surface area contributed by atoms with Crippen molar-refractivity contribution in [1.29, 1.82) is 0 Å². The molecule has 1 atom stereocenters. The Bertz CT molecular complexity index is 1360. The van der Waals surface area contributed by atoms with E-state index in [1.54, 1.807) is 20.5 Å². The third-order valence-electron chi connectivity index (χ3n) is 6.56. The van der Waals surface area contributed by atoms with Crippen LogP contribution in [0.2, 0.25) is 0 Å². The number of aryl methyl sites for hydroxylation is 2. The maximum Gasteiger partial charge on any atom is 0.238 e. The zero-order valence-corrected chi connectivity index (χ0v) is 21.2. The molecule has 3 aromatic heterocycles. The van der Waals surface area contributed by atoms with Gasteiger partial charge in [-0.3, -0.25) is 0 Å². The molecule has 0 unspecified atom stereocenters. The van der Waals surface area contributed by atoms with E-state index in [0.29, 0.717) is 17.4 Å². The molecule has 1 aromatic carbocycles. The maximum absolute atomic E-state index is 5.65. The normalized spacial score (nSPS) is 15.7. The average molecular weight is 473 g/mol. The van der Waals surface area contributed by atoms with Crippen LogP contribution in [-0.2, 0) is 12.0 Å². The van der Waals surface area contributed by atoms with Crippen LogP contribution in [0.4, 0.5) is 0 Å². The van der Waals surface area contributed by atoms with Crippen LogP contribution in [0.1, 0.15) is 62.2 Å². The number of aromatic nitrogens is 6. The Morgan fingerprint density at radius 3 is 2.54 bits per heavy atom. The fourth-order valence-corrected chi connectivity index (χ4v) is 4.76. The molecule has 0 radical (unpaired) electrons. The highest BCUT2D eigenvalue weighted by molar-refractivity contribution is 5.56. The van der Waals surface area contributed by atoms with Crippen molar-refractivity contribution < 1.29 is 9.47 Å². The molecule has 4 aromatic rings. The molecule has 8 nitrogen and oxygen atoms in total. The molecule has 0 N–H and O–H groups in total. The maximum atomic E-state index is 5.65. The first-order valence-electron chi connectivity index (χ1n) is 12.0. The van der Waals surface area contributed by atoms with E-state index in [-0.39, 0.29) is 11.3 Å². The fourth-order valence-electron chi connectivity index (χ4n) is 4.76. The van der Waals surface area contributed by atoms with Crippen LogP contribution >= 0.6 is 0 Å². The Hall–Kier alpha value is -3.68. The van der Waals surface area contributed by atoms with E-state index in [4.69, 9.17) is 24.5 Å². The van der Waals surface area contributed by atoms with Crippen molar-refractivity contribution in [2.75, 3.05) is 14.2 Å². The van der Waals surface area contributed by atoms with Crippen LogP contribution in [0.3, 0.4) is 0 Å². The molecule has 0 spiro atoms. The highest BCUT2D eigenvalue weighted by atomic mass is 16.5. The van der Waals surface area contributed by atoms with Crippen LogP contribution < -0.4 is 9.47 Å². The predicted octanol–water partition coefficient (Wildman–Crippen LogP) is 5.07. The Kier molecular flexibility index (Phi) is 5.83. The van der Waals surface area contributed by atoms with Crippen molar-refractivity contribution in [3.8, 4) is 28.8 Å². The molecule has 4 heterocycles. The summed E-state index contributed by atoms with van der Waals surface area (Å²) in [6, 6.07) is 10.4. The molecule has 0 fully saturated rings. The summed E-state index contributed by atoms with van der Waals surface area (Å²) in [5, 5.41) is 4.83. The monoisotopic (exact) mass is 472 g/mol. The molecular weight excluding hydrogens is 440 g/mol. The van der Waals surface area contributed by atoms with Crippen molar-refractivity contribution in [3.63, 3.8) is 0 Å². The first-order valence-corrected chi connectivity index (χ1v) is 12.0. The quantitative estimate of drug-likeness (QED) is 0.403. The lowest BCUT2D eigenvalue weighted by atomic mass is 9.82. The van der Waals surface area contributed by atoms with E-state index in [1.165, 1.54) is 11.1 Å². The van der Waals surface area contributed by atoms with Crippen LogP contribution in [0.15, 0.2) is 42.9 Å². The zero-order valence-electron chi connectivity index (χ0n) is 21.2. The van der Waals surface area contributed by atoms with Crippen molar-refractivity contribution >= 4 is 0 Å². The minimum Gasteiger partial charge on any atom is -0.496 e. The second kappa shape index (κ2) is 8.83. The summed E-state index contributed by atoms with van der Waals surface area (Å²) in [5.41, 5.74) is 4.86. The standard InChI is InChI=1S/C27H32N6O2/c1-17-15-32(16-28-17)22-11-10-21(29-26(22)35-6)24-30-25-19(8-7-13-33(25)31-24)18-9-12-23(34-5)20(14-18)27(2,3)4/h9-12,14-16,19H,7-8,13H2,1-6H3/t19-/m0/s1. The van der Waals surface area contributed by atoms with E-state index >= 15 is 0 Å². The lowest BCUT2D eigenvalue weighted by molar-refractivity contribution is 0.396. The molecule has 8 heteroatoms. The third-order valence-corrected chi connectivity index (χ3v) is 6.56. The summed E-state index contributed by atoms with van der Waals surface area (Å²) >= 11 is 0. The number of methoxy groups -OCH3 is 2. The summed E-state index contributed by atoms with van der Waals surface area (Å²) in [6.07, 6.45) is 5.78. The van der Waals surface area contributed by atoms with Gasteiger partial charge in [-0.15, -0.1) is 5.10 Å². The van der Waals surface area contributed by atoms with Gasteiger partial charge in [-0.2, -0.15) is 0 Å². The number of fused-ring (bicyclic) bond motifs is 1. The number of benzene rings is 1. The van der Waals surface area contributed by atoms with Crippen LogP contribution in [-0.4, -0.2) is 43.5 Å². The van der Waals surface area contributed by atoms with Gasteiger partial charge in [0.15, 0.2) is 5.82 Å². The largest absolute Gasteiger partial charge is 0.496 e. The molecule has 5 rings (SSSR count). The lowest BCUT2D eigenvalue weighted by Crippen LogP contribution is -2.19. The van der Waals surface area contributed by atoms with E-state index in [9.17, 15) is 0 Å². The van der Waals surface area contributed by atoms with Gasteiger partial charge in [-0.25, -0.2) is 19.6 Å². The molecule has 0 bridgehead atoms. The molecule has 0 aliphatic carbocycles. The molecule has 0 saturated heterocycles. The number of pyridine rings is 1. The van der Waals surface area contributed by atoms with E-state index in [0.717, 1.165) is 42.3 Å². The van der Waals surface area contributed by atoms with Crippen molar-refractivity contribution in [3.05, 3.63) is 65.5 Å². The van der Waals surface area contributed by atoms with Gasteiger partial charge in [0.1, 0.15) is 23.0 Å². The molecule has 0 saturated carbocycles. The highest BCUT2D eigenvalue weighted by Crippen LogP contribution is 2.38. The predicted molar refractivity (Wildman–Crippen MR) is 134 cm³/mol.